The van der Waals surface area contributed by atoms with Crippen molar-refractivity contribution in [1.82, 2.24) is 5.32 Å². The Kier molecular flexibility index (Phi) is 6.44. The molecule has 0 heterocycles. The first kappa shape index (κ1) is 15.3. The van der Waals surface area contributed by atoms with Crippen molar-refractivity contribution in [2.24, 2.45) is 0 Å². The molecule has 0 aromatic heterocycles. The van der Waals surface area contributed by atoms with Crippen molar-refractivity contribution in [3.8, 4) is 5.75 Å². The van der Waals surface area contributed by atoms with E-state index in [1.54, 1.807) is 7.11 Å². The molecule has 3 heteroatoms. The van der Waals surface area contributed by atoms with Gasteiger partial charge in [0.2, 0.25) is 0 Å². The van der Waals surface area contributed by atoms with Gasteiger partial charge in [0.25, 0.3) is 0 Å². The van der Waals surface area contributed by atoms with Crippen molar-refractivity contribution >= 4 is 15.9 Å². The number of halogens is 1. The average molecular weight is 312 g/mol. The standard InChI is InChI=1S/C15H22BrNO/c1-5-8-17-14(9-11(2)3)12-6-7-15(18-4)13(16)10-12/h6-7,9-10,14,17H,5,8H2,1-4H3. The van der Waals surface area contributed by atoms with Crippen LogP contribution in [0.5, 0.6) is 5.75 Å². The molecule has 0 bridgehead atoms. The lowest BCUT2D eigenvalue weighted by Crippen LogP contribution is -2.20. The van der Waals surface area contributed by atoms with Crippen LogP contribution in [-0.4, -0.2) is 13.7 Å². The summed E-state index contributed by atoms with van der Waals surface area (Å²) in [5.74, 6) is 0.866. The molecule has 1 rings (SSSR count). The molecule has 2 nitrogen and oxygen atoms in total. The van der Waals surface area contributed by atoms with Gasteiger partial charge in [0.05, 0.1) is 17.6 Å². The van der Waals surface area contributed by atoms with Crippen LogP contribution in [0.2, 0.25) is 0 Å². The lowest BCUT2D eigenvalue weighted by Gasteiger charge is -2.17. The summed E-state index contributed by atoms with van der Waals surface area (Å²) < 4.78 is 6.25. The third kappa shape index (κ3) is 4.46. The Morgan fingerprint density at radius 3 is 2.67 bits per heavy atom. The molecule has 0 aliphatic carbocycles. The molecule has 18 heavy (non-hydrogen) atoms. The Morgan fingerprint density at radius 1 is 1.44 bits per heavy atom. The summed E-state index contributed by atoms with van der Waals surface area (Å²) in [6.07, 6.45) is 3.38. The molecule has 1 unspecified atom stereocenters. The summed E-state index contributed by atoms with van der Waals surface area (Å²) in [6.45, 7) is 7.44. The van der Waals surface area contributed by atoms with Crippen LogP contribution in [-0.2, 0) is 0 Å². The Morgan fingerprint density at radius 2 is 2.17 bits per heavy atom. The van der Waals surface area contributed by atoms with E-state index in [0.717, 1.165) is 23.2 Å². The second-order valence-electron chi connectivity index (χ2n) is 4.57. The maximum absolute atomic E-state index is 5.26. The molecule has 0 aliphatic rings. The molecule has 0 saturated carbocycles. The largest absolute Gasteiger partial charge is 0.496 e. The predicted molar refractivity (Wildman–Crippen MR) is 81.2 cm³/mol. The minimum atomic E-state index is 0.261. The highest BCUT2D eigenvalue weighted by atomic mass is 79.9. The SMILES string of the molecule is CCCNC(C=C(C)C)c1ccc(OC)c(Br)c1. The highest BCUT2D eigenvalue weighted by Gasteiger charge is 2.10. The van der Waals surface area contributed by atoms with Crippen LogP contribution < -0.4 is 10.1 Å². The molecular weight excluding hydrogens is 290 g/mol. The molecule has 0 fully saturated rings. The molecule has 1 aromatic carbocycles. The summed E-state index contributed by atoms with van der Waals surface area (Å²) in [4.78, 5) is 0. The van der Waals surface area contributed by atoms with E-state index in [0.29, 0.717) is 0 Å². The number of hydrogen-bond acceptors (Lipinski definition) is 2. The van der Waals surface area contributed by atoms with Crippen LogP contribution in [0, 0.1) is 0 Å². The van der Waals surface area contributed by atoms with Crippen molar-refractivity contribution in [2.45, 2.75) is 33.2 Å². The number of rotatable bonds is 6. The zero-order chi connectivity index (χ0) is 13.5. The second kappa shape index (κ2) is 7.59. The number of benzene rings is 1. The highest BCUT2D eigenvalue weighted by Crippen LogP contribution is 2.28. The molecular formula is C15H22BrNO. The van der Waals surface area contributed by atoms with Crippen molar-refractivity contribution in [3.63, 3.8) is 0 Å². The van der Waals surface area contributed by atoms with Crippen LogP contribution in [0.4, 0.5) is 0 Å². The monoisotopic (exact) mass is 311 g/mol. The molecule has 0 saturated heterocycles. The minimum Gasteiger partial charge on any atom is -0.496 e. The van der Waals surface area contributed by atoms with Crippen LogP contribution in [0.15, 0.2) is 34.3 Å². The van der Waals surface area contributed by atoms with Gasteiger partial charge in [-0.05, 0) is 60.4 Å². The zero-order valence-corrected chi connectivity index (χ0v) is 13.2. The van der Waals surface area contributed by atoms with E-state index in [4.69, 9.17) is 4.74 Å². The van der Waals surface area contributed by atoms with Gasteiger partial charge in [-0.25, -0.2) is 0 Å². The molecule has 1 N–H and O–H groups in total. The van der Waals surface area contributed by atoms with Gasteiger partial charge < -0.3 is 10.1 Å². The second-order valence-corrected chi connectivity index (χ2v) is 5.42. The van der Waals surface area contributed by atoms with E-state index in [-0.39, 0.29) is 6.04 Å². The fourth-order valence-electron chi connectivity index (χ4n) is 1.78. The average Bonchev–Trinajstić information content (AvgIpc) is 2.34. The van der Waals surface area contributed by atoms with E-state index in [9.17, 15) is 0 Å². The number of ether oxygens (including phenoxy) is 1. The topological polar surface area (TPSA) is 21.3 Å². The molecule has 1 aromatic rings. The van der Waals surface area contributed by atoms with Gasteiger partial charge >= 0.3 is 0 Å². The zero-order valence-electron chi connectivity index (χ0n) is 11.6. The summed E-state index contributed by atoms with van der Waals surface area (Å²) in [7, 11) is 1.68. The molecule has 0 spiro atoms. The molecule has 100 valence electrons. The Bertz CT molecular complexity index is 411. The number of allylic oxidation sites excluding steroid dienone is 1. The van der Waals surface area contributed by atoms with E-state index < -0.39 is 0 Å². The van der Waals surface area contributed by atoms with Gasteiger partial charge in [0.1, 0.15) is 5.75 Å². The van der Waals surface area contributed by atoms with Gasteiger partial charge in [0, 0.05) is 0 Å². The maximum Gasteiger partial charge on any atom is 0.133 e. The van der Waals surface area contributed by atoms with Gasteiger partial charge in [-0.15, -0.1) is 0 Å². The summed E-state index contributed by atoms with van der Waals surface area (Å²) >= 11 is 3.54. The van der Waals surface area contributed by atoms with Gasteiger partial charge in [-0.1, -0.05) is 24.6 Å². The van der Waals surface area contributed by atoms with Crippen LogP contribution in [0.3, 0.4) is 0 Å². The van der Waals surface area contributed by atoms with Gasteiger partial charge in [-0.3, -0.25) is 0 Å². The molecule has 0 radical (unpaired) electrons. The number of nitrogens with one attached hydrogen (secondary N) is 1. The quantitative estimate of drug-likeness (QED) is 0.783. The van der Waals surface area contributed by atoms with Crippen molar-refractivity contribution in [3.05, 3.63) is 39.9 Å². The third-order valence-electron chi connectivity index (χ3n) is 2.65. The minimum absolute atomic E-state index is 0.261. The van der Waals surface area contributed by atoms with Crippen molar-refractivity contribution in [2.75, 3.05) is 13.7 Å². The van der Waals surface area contributed by atoms with Crippen LogP contribution >= 0.6 is 15.9 Å². The van der Waals surface area contributed by atoms with Crippen LogP contribution in [0.1, 0.15) is 38.8 Å². The van der Waals surface area contributed by atoms with Crippen LogP contribution in [0.25, 0.3) is 0 Å². The number of hydrogen-bond donors (Lipinski definition) is 1. The first-order valence-electron chi connectivity index (χ1n) is 6.30. The fourth-order valence-corrected chi connectivity index (χ4v) is 2.34. The summed E-state index contributed by atoms with van der Waals surface area (Å²) in [6, 6.07) is 6.48. The fraction of sp³-hybridized carbons (Fsp3) is 0.467. The van der Waals surface area contributed by atoms with Gasteiger partial charge in [-0.2, -0.15) is 0 Å². The Labute approximate surface area is 119 Å². The van der Waals surface area contributed by atoms with E-state index in [1.165, 1.54) is 11.1 Å². The summed E-state index contributed by atoms with van der Waals surface area (Å²) in [5.41, 5.74) is 2.56. The first-order chi connectivity index (χ1) is 8.58. The Balaban J connectivity index is 2.97. The highest BCUT2D eigenvalue weighted by molar-refractivity contribution is 9.10. The lowest BCUT2D eigenvalue weighted by atomic mass is 10.0. The molecule has 0 aliphatic heterocycles. The van der Waals surface area contributed by atoms with Gasteiger partial charge in [0.15, 0.2) is 0 Å². The third-order valence-corrected chi connectivity index (χ3v) is 3.27. The lowest BCUT2D eigenvalue weighted by molar-refractivity contribution is 0.412. The van der Waals surface area contributed by atoms with Crippen molar-refractivity contribution in [1.29, 1.82) is 0 Å². The first-order valence-corrected chi connectivity index (χ1v) is 7.09. The Hall–Kier alpha value is -0.800. The number of methoxy groups -OCH3 is 1. The predicted octanol–water partition coefficient (Wildman–Crippen LogP) is 4.46. The smallest absolute Gasteiger partial charge is 0.133 e. The summed E-state index contributed by atoms with van der Waals surface area (Å²) in [5, 5.41) is 3.54. The van der Waals surface area contributed by atoms with Crippen molar-refractivity contribution < 1.29 is 4.74 Å². The van der Waals surface area contributed by atoms with E-state index in [1.807, 2.05) is 6.07 Å². The maximum atomic E-state index is 5.26. The molecule has 0 amide bonds. The van der Waals surface area contributed by atoms with E-state index in [2.05, 4.69) is 60.2 Å². The van der Waals surface area contributed by atoms with E-state index >= 15 is 0 Å². The normalized spacial score (nSPS) is 12.1. The molecule has 1 atom stereocenters.